The molecule has 2 heterocycles. The molecule has 0 aromatic carbocycles. The minimum absolute atomic E-state index is 0.538. The van der Waals surface area contributed by atoms with Crippen LogP contribution in [0.4, 0.5) is 5.82 Å². The standard InChI is InChI=1S/C10H12N4/c1-2-14-9(5-6-13-14)8-3-4-10(11)12-7-8/h3-7H,2H2,1H3,(H2,11,12). The monoisotopic (exact) mass is 188 g/mol. The van der Waals surface area contributed by atoms with E-state index in [4.69, 9.17) is 5.73 Å². The largest absolute Gasteiger partial charge is 0.384 e. The van der Waals surface area contributed by atoms with Crippen molar-refractivity contribution in [1.29, 1.82) is 0 Å². The van der Waals surface area contributed by atoms with Gasteiger partial charge in [0.15, 0.2) is 0 Å². The smallest absolute Gasteiger partial charge is 0.123 e. The molecule has 4 nitrogen and oxygen atoms in total. The fraction of sp³-hybridized carbons (Fsp3) is 0.200. The molecule has 0 amide bonds. The predicted octanol–water partition coefficient (Wildman–Crippen LogP) is 1.55. The molecule has 2 aromatic heterocycles. The molecule has 0 aliphatic carbocycles. The molecule has 0 saturated carbocycles. The Kier molecular flexibility index (Phi) is 2.18. The summed E-state index contributed by atoms with van der Waals surface area (Å²) >= 11 is 0. The Morgan fingerprint density at radius 3 is 2.86 bits per heavy atom. The summed E-state index contributed by atoms with van der Waals surface area (Å²) in [4.78, 5) is 4.05. The first kappa shape index (κ1) is 8.74. The van der Waals surface area contributed by atoms with Crippen LogP contribution in [0.3, 0.4) is 0 Å². The molecule has 0 bridgehead atoms. The summed E-state index contributed by atoms with van der Waals surface area (Å²) in [5.41, 5.74) is 7.63. The van der Waals surface area contributed by atoms with Gasteiger partial charge in [0.05, 0.1) is 5.69 Å². The molecule has 0 atom stereocenters. The number of hydrogen-bond acceptors (Lipinski definition) is 3. The zero-order chi connectivity index (χ0) is 9.97. The topological polar surface area (TPSA) is 56.7 Å². The highest BCUT2D eigenvalue weighted by molar-refractivity contribution is 5.59. The first-order chi connectivity index (χ1) is 6.81. The Hall–Kier alpha value is -1.84. The Labute approximate surface area is 82.4 Å². The lowest BCUT2D eigenvalue weighted by Gasteiger charge is -2.03. The third-order valence-electron chi connectivity index (χ3n) is 2.10. The van der Waals surface area contributed by atoms with Crippen molar-refractivity contribution in [3.8, 4) is 11.3 Å². The molecule has 0 radical (unpaired) electrons. The molecule has 2 N–H and O–H groups in total. The van der Waals surface area contributed by atoms with Crippen molar-refractivity contribution >= 4 is 5.82 Å². The lowest BCUT2D eigenvalue weighted by molar-refractivity contribution is 0.667. The Bertz CT molecular complexity index is 416. The summed E-state index contributed by atoms with van der Waals surface area (Å²) in [6, 6.07) is 5.71. The molecular formula is C10H12N4. The molecule has 4 heteroatoms. The second kappa shape index (κ2) is 3.49. The number of aryl methyl sites for hydroxylation is 1. The highest BCUT2D eigenvalue weighted by Crippen LogP contribution is 2.18. The van der Waals surface area contributed by atoms with Crippen LogP contribution in [-0.2, 0) is 6.54 Å². The van der Waals surface area contributed by atoms with Gasteiger partial charge in [0.25, 0.3) is 0 Å². The number of nitrogen functional groups attached to an aromatic ring is 1. The van der Waals surface area contributed by atoms with E-state index < -0.39 is 0 Å². The van der Waals surface area contributed by atoms with E-state index >= 15 is 0 Å². The Balaban J connectivity index is 2.44. The van der Waals surface area contributed by atoms with Gasteiger partial charge in [-0.05, 0) is 25.1 Å². The first-order valence-corrected chi connectivity index (χ1v) is 4.55. The third-order valence-corrected chi connectivity index (χ3v) is 2.10. The number of rotatable bonds is 2. The van der Waals surface area contributed by atoms with Crippen molar-refractivity contribution < 1.29 is 0 Å². The highest BCUT2D eigenvalue weighted by atomic mass is 15.3. The quantitative estimate of drug-likeness (QED) is 0.777. The van der Waals surface area contributed by atoms with E-state index in [0.717, 1.165) is 17.8 Å². The third kappa shape index (κ3) is 1.46. The summed E-state index contributed by atoms with van der Waals surface area (Å²) in [6.07, 6.45) is 3.55. The van der Waals surface area contributed by atoms with Gasteiger partial charge in [-0.2, -0.15) is 5.10 Å². The van der Waals surface area contributed by atoms with Crippen molar-refractivity contribution in [2.45, 2.75) is 13.5 Å². The number of aromatic nitrogens is 3. The second-order valence-corrected chi connectivity index (χ2v) is 3.00. The van der Waals surface area contributed by atoms with Crippen molar-refractivity contribution in [1.82, 2.24) is 14.8 Å². The molecule has 2 aromatic rings. The Morgan fingerprint density at radius 1 is 1.36 bits per heavy atom. The molecule has 0 aliphatic rings. The zero-order valence-electron chi connectivity index (χ0n) is 8.01. The molecule has 14 heavy (non-hydrogen) atoms. The van der Waals surface area contributed by atoms with Crippen LogP contribution < -0.4 is 5.73 Å². The van der Waals surface area contributed by atoms with Crippen LogP contribution in [0.1, 0.15) is 6.92 Å². The molecule has 0 fully saturated rings. The van der Waals surface area contributed by atoms with Gasteiger partial charge in [0, 0.05) is 24.5 Å². The predicted molar refractivity (Wildman–Crippen MR) is 55.5 cm³/mol. The maximum absolute atomic E-state index is 5.52. The van der Waals surface area contributed by atoms with Crippen LogP contribution in [0.5, 0.6) is 0 Å². The summed E-state index contributed by atoms with van der Waals surface area (Å²) in [6.45, 7) is 2.91. The normalized spacial score (nSPS) is 10.4. The second-order valence-electron chi connectivity index (χ2n) is 3.00. The number of hydrogen-bond donors (Lipinski definition) is 1. The first-order valence-electron chi connectivity index (χ1n) is 4.55. The molecule has 0 unspecified atom stereocenters. The minimum atomic E-state index is 0.538. The maximum atomic E-state index is 5.52. The Morgan fingerprint density at radius 2 is 2.21 bits per heavy atom. The maximum Gasteiger partial charge on any atom is 0.123 e. The van der Waals surface area contributed by atoms with Crippen LogP contribution in [0.15, 0.2) is 30.6 Å². The van der Waals surface area contributed by atoms with Gasteiger partial charge in [-0.3, -0.25) is 4.68 Å². The average Bonchev–Trinajstić information content (AvgIpc) is 2.67. The average molecular weight is 188 g/mol. The molecule has 2 rings (SSSR count). The van der Waals surface area contributed by atoms with Crippen molar-refractivity contribution in [3.63, 3.8) is 0 Å². The number of pyridine rings is 1. The lowest BCUT2D eigenvalue weighted by atomic mass is 10.2. The minimum Gasteiger partial charge on any atom is -0.384 e. The van der Waals surface area contributed by atoms with Crippen molar-refractivity contribution in [3.05, 3.63) is 30.6 Å². The van der Waals surface area contributed by atoms with Gasteiger partial charge < -0.3 is 5.73 Å². The lowest BCUT2D eigenvalue weighted by Crippen LogP contribution is -1.99. The van der Waals surface area contributed by atoms with Crippen LogP contribution >= 0.6 is 0 Å². The summed E-state index contributed by atoms with van der Waals surface area (Å²) in [5.74, 6) is 0.538. The molecular weight excluding hydrogens is 176 g/mol. The van der Waals surface area contributed by atoms with Gasteiger partial charge in [-0.25, -0.2) is 4.98 Å². The van der Waals surface area contributed by atoms with Crippen LogP contribution in [0.2, 0.25) is 0 Å². The molecule has 0 spiro atoms. The summed E-state index contributed by atoms with van der Waals surface area (Å²) in [7, 11) is 0. The van der Waals surface area contributed by atoms with E-state index in [1.165, 1.54) is 0 Å². The SMILES string of the molecule is CCn1nccc1-c1ccc(N)nc1. The summed E-state index contributed by atoms with van der Waals surface area (Å²) in [5, 5.41) is 4.19. The van der Waals surface area contributed by atoms with Gasteiger partial charge in [-0.1, -0.05) is 0 Å². The molecule has 0 saturated heterocycles. The van der Waals surface area contributed by atoms with E-state index in [9.17, 15) is 0 Å². The van der Waals surface area contributed by atoms with E-state index in [1.54, 1.807) is 18.5 Å². The van der Waals surface area contributed by atoms with Crippen molar-refractivity contribution in [2.75, 3.05) is 5.73 Å². The van der Waals surface area contributed by atoms with E-state index in [2.05, 4.69) is 17.0 Å². The van der Waals surface area contributed by atoms with Gasteiger partial charge in [0.2, 0.25) is 0 Å². The van der Waals surface area contributed by atoms with Gasteiger partial charge in [0.1, 0.15) is 5.82 Å². The fourth-order valence-electron chi connectivity index (χ4n) is 1.39. The number of nitrogens with zero attached hydrogens (tertiary/aromatic N) is 3. The number of anilines is 1. The highest BCUT2D eigenvalue weighted by Gasteiger charge is 2.03. The van der Waals surface area contributed by atoms with E-state index in [1.807, 2.05) is 16.8 Å². The summed E-state index contributed by atoms with van der Waals surface area (Å²) < 4.78 is 1.92. The molecule has 72 valence electrons. The van der Waals surface area contributed by atoms with Crippen LogP contribution in [0, 0.1) is 0 Å². The van der Waals surface area contributed by atoms with Crippen LogP contribution in [-0.4, -0.2) is 14.8 Å². The van der Waals surface area contributed by atoms with Gasteiger partial charge >= 0.3 is 0 Å². The van der Waals surface area contributed by atoms with Gasteiger partial charge in [-0.15, -0.1) is 0 Å². The number of nitrogens with two attached hydrogens (primary N) is 1. The van der Waals surface area contributed by atoms with Crippen molar-refractivity contribution in [2.24, 2.45) is 0 Å². The fourth-order valence-corrected chi connectivity index (χ4v) is 1.39. The molecule has 0 aliphatic heterocycles. The van der Waals surface area contributed by atoms with Crippen LogP contribution in [0.25, 0.3) is 11.3 Å². The van der Waals surface area contributed by atoms with E-state index in [0.29, 0.717) is 5.82 Å². The van der Waals surface area contributed by atoms with E-state index in [-0.39, 0.29) is 0 Å². The zero-order valence-corrected chi connectivity index (χ0v) is 8.01.